The van der Waals surface area contributed by atoms with Crippen molar-refractivity contribution < 1.29 is 17.9 Å². The molecule has 1 fully saturated rings. The molecule has 1 aliphatic carbocycles. The average Bonchev–Trinajstić information content (AvgIpc) is 3.22. The van der Waals surface area contributed by atoms with Crippen molar-refractivity contribution >= 4 is 27.6 Å². The Kier molecular flexibility index (Phi) is 7.50. The minimum atomic E-state index is -2.95. The highest BCUT2D eigenvalue weighted by molar-refractivity contribution is 8.00. The van der Waals surface area contributed by atoms with Crippen molar-refractivity contribution in [1.29, 1.82) is 0 Å². The summed E-state index contributed by atoms with van der Waals surface area (Å²) in [5.74, 6) is 1.36. The van der Waals surface area contributed by atoms with Gasteiger partial charge in [0, 0.05) is 17.8 Å². The van der Waals surface area contributed by atoms with E-state index >= 15 is 0 Å². The van der Waals surface area contributed by atoms with Crippen LogP contribution in [0, 0.1) is 5.92 Å². The normalized spacial score (nSPS) is 18.2. The van der Waals surface area contributed by atoms with Crippen molar-refractivity contribution in [2.75, 3.05) is 36.7 Å². The van der Waals surface area contributed by atoms with Crippen LogP contribution in [-0.2, 0) is 19.4 Å². The smallest absolute Gasteiger partial charge is 0.327 e. The Morgan fingerprint density at radius 1 is 1.38 bits per heavy atom. The van der Waals surface area contributed by atoms with Gasteiger partial charge >= 0.3 is 5.97 Å². The van der Waals surface area contributed by atoms with Gasteiger partial charge < -0.3 is 10.1 Å². The van der Waals surface area contributed by atoms with Crippen molar-refractivity contribution in [2.24, 2.45) is 5.92 Å². The molecule has 21 heavy (non-hydrogen) atoms. The van der Waals surface area contributed by atoms with E-state index in [-0.39, 0.29) is 11.7 Å². The largest absolute Gasteiger partial charge is 0.465 e. The maximum atomic E-state index is 12.4. The molecular formula is C14H27NO4S2. The molecule has 0 spiro atoms. The van der Waals surface area contributed by atoms with E-state index in [1.807, 2.05) is 6.92 Å². The number of thioether (sulfide) groups is 1. The summed E-state index contributed by atoms with van der Waals surface area (Å²) < 4.78 is 27.7. The van der Waals surface area contributed by atoms with Crippen LogP contribution < -0.4 is 5.32 Å². The summed E-state index contributed by atoms with van der Waals surface area (Å²) in [4.78, 5) is 12.4. The van der Waals surface area contributed by atoms with E-state index in [2.05, 4.69) is 12.2 Å². The zero-order valence-electron chi connectivity index (χ0n) is 13.2. The van der Waals surface area contributed by atoms with Crippen LogP contribution in [-0.4, -0.2) is 56.6 Å². The van der Waals surface area contributed by atoms with Crippen molar-refractivity contribution in [2.45, 2.75) is 38.6 Å². The van der Waals surface area contributed by atoms with Crippen LogP contribution in [0.1, 0.15) is 33.1 Å². The molecule has 0 aromatic heterocycles. The highest BCUT2D eigenvalue weighted by Gasteiger charge is 2.51. The minimum absolute atomic E-state index is 0.148. The van der Waals surface area contributed by atoms with Crippen molar-refractivity contribution in [3.63, 3.8) is 0 Å². The minimum Gasteiger partial charge on any atom is -0.465 e. The van der Waals surface area contributed by atoms with Crippen LogP contribution >= 0.6 is 11.8 Å². The quantitative estimate of drug-likeness (QED) is 0.455. The summed E-state index contributed by atoms with van der Waals surface area (Å²) in [6.45, 7) is 5.01. The summed E-state index contributed by atoms with van der Waals surface area (Å²) in [5.41, 5.74) is -0.645. The highest BCUT2D eigenvalue weighted by Crippen LogP contribution is 2.42. The molecule has 0 aromatic carbocycles. The first-order valence-corrected chi connectivity index (χ1v) is 10.7. The fourth-order valence-corrected chi connectivity index (χ4v) is 4.84. The fraction of sp³-hybridized carbons (Fsp3) is 0.929. The first-order chi connectivity index (χ1) is 9.85. The Morgan fingerprint density at radius 2 is 2.05 bits per heavy atom. The number of esters is 1. The molecule has 0 aromatic rings. The monoisotopic (exact) mass is 337 g/mol. The Hall–Kier alpha value is -0.270. The predicted molar refractivity (Wildman–Crippen MR) is 87.4 cm³/mol. The number of sulfone groups is 1. The molecule has 1 atom stereocenters. The van der Waals surface area contributed by atoms with E-state index in [0.717, 1.165) is 25.8 Å². The second-order valence-corrected chi connectivity index (χ2v) is 8.94. The van der Waals surface area contributed by atoms with Gasteiger partial charge in [0.05, 0.1) is 12.4 Å². The van der Waals surface area contributed by atoms with Gasteiger partial charge in [-0.2, -0.15) is 11.8 Å². The lowest BCUT2D eigenvalue weighted by Gasteiger charge is -2.32. The van der Waals surface area contributed by atoms with Gasteiger partial charge in [-0.3, -0.25) is 4.79 Å². The Labute approximate surface area is 132 Å². The maximum absolute atomic E-state index is 12.4. The van der Waals surface area contributed by atoms with E-state index in [9.17, 15) is 13.2 Å². The lowest BCUT2D eigenvalue weighted by molar-refractivity contribution is -0.151. The standard InChI is InChI=1S/C14H27NO4S2/c1-4-8-15-14(12-6-7-12,13(16)19-5-2)11-20-9-10-21(3,17)18/h12,15H,4-11H2,1-3H3. The van der Waals surface area contributed by atoms with Crippen molar-refractivity contribution in [3.8, 4) is 0 Å². The lowest BCUT2D eigenvalue weighted by atomic mass is 9.95. The Balaban J connectivity index is 2.67. The van der Waals surface area contributed by atoms with Gasteiger partial charge in [-0.15, -0.1) is 0 Å². The summed E-state index contributed by atoms with van der Waals surface area (Å²) in [6.07, 6.45) is 4.24. The van der Waals surface area contributed by atoms with Crippen molar-refractivity contribution in [3.05, 3.63) is 0 Å². The topological polar surface area (TPSA) is 72.5 Å². The molecule has 1 unspecified atom stereocenters. The molecule has 0 heterocycles. The Bertz CT molecular complexity index is 434. The molecule has 0 saturated heterocycles. The van der Waals surface area contributed by atoms with E-state index in [0.29, 0.717) is 24.0 Å². The summed E-state index contributed by atoms with van der Waals surface area (Å²) in [6, 6.07) is 0. The molecule has 7 heteroatoms. The third-order valence-corrected chi connectivity index (χ3v) is 5.89. The maximum Gasteiger partial charge on any atom is 0.327 e. The lowest BCUT2D eigenvalue weighted by Crippen LogP contribution is -2.57. The van der Waals surface area contributed by atoms with Gasteiger partial charge in [0.1, 0.15) is 15.4 Å². The number of rotatable bonds is 11. The second kappa shape index (κ2) is 8.39. The second-order valence-electron chi connectivity index (χ2n) is 5.58. The summed E-state index contributed by atoms with van der Waals surface area (Å²) >= 11 is 1.52. The molecule has 0 aliphatic heterocycles. The Morgan fingerprint density at radius 3 is 2.52 bits per heavy atom. The molecule has 124 valence electrons. The van der Waals surface area contributed by atoms with E-state index < -0.39 is 15.4 Å². The first-order valence-electron chi connectivity index (χ1n) is 7.53. The van der Waals surface area contributed by atoms with Crippen LogP contribution in [0.4, 0.5) is 0 Å². The number of hydrogen-bond acceptors (Lipinski definition) is 6. The van der Waals surface area contributed by atoms with Gasteiger partial charge in [0.25, 0.3) is 0 Å². The summed E-state index contributed by atoms with van der Waals surface area (Å²) in [5, 5.41) is 3.38. The third-order valence-electron chi connectivity index (χ3n) is 3.53. The van der Waals surface area contributed by atoms with E-state index in [1.54, 1.807) is 0 Å². The van der Waals surface area contributed by atoms with Crippen LogP contribution in [0.3, 0.4) is 0 Å². The molecule has 1 aliphatic rings. The number of carbonyl (C=O) groups is 1. The SMILES string of the molecule is CCCNC(CSCCS(C)(=O)=O)(C(=O)OCC)C1CC1. The highest BCUT2D eigenvalue weighted by atomic mass is 32.2. The molecule has 0 amide bonds. The van der Waals surface area contributed by atoms with Gasteiger partial charge in [0.15, 0.2) is 0 Å². The third kappa shape index (κ3) is 6.16. The molecular weight excluding hydrogens is 310 g/mol. The molecule has 0 radical (unpaired) electrons. The van der Waals surface area contributed by atoms with Gasteiger partial charge in [0.2, 0.25) is 0 Å². The van der Waals surface area contributed by atoms with Crippen LogP contribution in [0.25, 0.3) is 0 Å². The zero-order valence-corrected chi connectivity index (χ0v) is 14.8. The molecule has 1 rings (SSSR count). The molecule has 1 saturated carbocycles. The molecule has 1 N–H and O–H groups in total. The van der Waals surface area contributed by atoms with Gasteiger partial charge in [-0.05, 0) is 38.6 Å². The fourth-order valence-electron chi connectivity index (χ4n) is 2.24. The van der Waals surface area contributed by atoms with E-state index in [4.69, 9.17) is 4.74 Å². The van der Waals surface area contributed by atoms with Crippen LogP contribution in [0.5, 0.6) is 0 Å². The number of hydrogen-bond donors (Lipinski definition) is 1. The molecule has 0 bridgehead atoms. The summed E-state index contributed by atoms with van der Waals surface area (Å²) in [7, 11) is -2.95. The molecule has 5 nitrogen and oxygen atoms in total. The predicted octanol–water partition coefficient (Wildman–Crippen LogP) is 1.48. The van der Waals surface area contributed by atoms with Crippen LogP contribution in [0.2, 0.25) is 0 Å². The van der Waals surface area contributed by atoms with Gasteiger partial charge in [-0.1, -0.05) is 6.92 Å². The first kappa shape index (κ1) is 18.8. The van der Waals surface area contributed by atoms with E-state index in [1.165, 1.54) is 18.0 Å². The van der Waals surface area contributed by atoms with Gasteiger partial charge in [-0.25, -0.2) is 8.42 Å². The number of carbonyl (C=O) groups excluding carboxylic acids is 1. The average molecular weight is 338 g/mol. The number of nitrogens with one attached hydrogen (secondary N) is 1. The zero-order chi connectivity index (χ0) is 15.9. The number of ether oxygens (including phenoxy) is 1. The van der Waals surface area contributed by atoms with Crippen molar-refractivity contribution in [1.82, 2.24) is 5.32 Å². The van der Waals surface area contributed by atoms with Crippen LogP contribution in [0.15, 0.2) is 0 Å².